The Morgan fingerprint density at radius 1 is 1.22 bits per heavy atom. The standard InChI is InChI=1S/C6H5ClOSe/c7-9(8)6-4-2-1-3-5-6/h1-5H. The van der Waals surface area contributed by atoms with E-state index in [1.54, 1.807) is 12.1 Å². The molecule has 0 saturated carbocycles. The number of rotatable bonds is 1. The quantitative estimate of drug-likeness (QED) is 0.629. The zero-order chi connectivity index (χ0) is 6.69. The van der Waals surface area contributed by atoms with Crippen LogP contribution in [0.2, 0.25) is 0 Å². The van der Waals surface area contributed by atoms with Crippen LogP contribution in [-0.4, -0.2) is 12.9 Å². The van der Waals surface area contributed by atoms with Gasteiger partial charge < -0.3 is 0 Å². The average molecular weight is 208 g/mol. The van der Waals surface area contributed by atoms with Gasteiger partial charge in [-0.25, -0.2) is 0 Å². The van der Waals surface area contributed by atoms with Gasteiger partial charge in [0.2, 0.25) is 0 Å². The normalized spacial score (nSPS) is 13.0. The van der Waals surface area contributed by atoms with E-state index in [4.69, 9.17) is 10.1 Å². The van der Waals surface area contributed by atoms with E-state index in [0.29, 0.717) is 0 Å². The van der Waals surface area contributed by atoms with E-state index in [-0.39, 0.29) is 0 Å². The van der Waals surface area contributed by atoms with Crippen molar-refractivity contribution >= 4 is 27.5 Å². The topological polar surface area (TPSA) is 17.1 Å². The Kier molecular flexibility index (Phi) is 2.40. The molecule has 48 valence electrons. The summed E-state index contributed by atoms with van der Waals surface area (Å²) in [7, 11) is 5.37. The van der Waals surface area contributed by atoms with Crippen LogP contribution in [0.25, 0.3) is 0 Å². The summed E-state index contributed by atoms with van der Waals surface area (Å²) in [5.74, 6) is 0. The van der Waals surface area contributed by atoms with Gasteiger partial charge in [0.1, 0.15) is 0 Å². The fraction of sp³-hybridized carbons (Fsp3) is 0. The van der Waals surface area contributed by atoms with Crippen molar-refractivity contribution < 1.29 is 3.83 Å². The molecule has 0 fully saturated rings. The third kappa shape index (κ3) is 1.90. The van der Waals surface area contributed by atoms with Crippen LogP contribution in [-0.2, 0) is 3.83 Å². The molecule has 0 aliphatic carbocycles. The molecule has 0 radical (unpaired) electrons. The number of benzene rings is 1. The Labute approximate surface area is 62.0 Å². The van der Waals surface area contributed by atoms with Crippen LogP contribution in [0.15, 0.2) is 30.3 Å². The third-order valence-electron chi connectivity index (χ3n) is 0.929. The van der Waals surface area contributed by atoms with Gasteiger partial charge in [-0.2, -0.15) is 0 Å². The van der Waals surface area contributed by atoms with Crippen LogP contribution in [0, 0.1) is 0 Å². The van der Waals surface area contributed by atoms with E-state index in [9.17, 15) is 3.83 Å². The van der Waals surface area contributed by atoms with Gasteiger partial charge in [-0.3, -0.25) is 0 Å². The monoisotopic (exact) mass is 208 g/mol. The first-order chi connectivity index (χ1) is 4.30. The van der Waals surface area contributed by atoms with E-state index in [2.05, 4.69) is 0 Å². The van der Waals surface area contributed by atoms with E-state index in [1.165, 1.54) is 0 Å². The molecule has 0 amide bonds. The summed E-state index contributed by atoms with van der Waals surface area (Å²) >= 11 is -2.19. The van der Waals surface area contributed by atoms with Gasteiger partial charge in [-0.05, 0) is 0 Å². The minimum atomic E-state index is -2.19. The zero-order valence-corrected chi connectivity index (χ0v) is 7.05. The van der Waals surface area contributed by atoms with E-state index in [1.807, 2.05) is 18.2 Å². The van der Waals surface area contributed by atoms with E-state index < -0.39 is 12.9 Å². The van der Waals surface area contributed by atoms with Crippen LogP contribution < -0.4 is 4.46 Å². The molecule has 1 aromatic rings. The first kappa shape index (κ1) is 6.94. The van der Waals surface area contributed by atoms with E-state index >= 15 is 0 Å². The van der Waals surface area contributed by atoms with Crippen molar-refractivity contribution in [3.63, 3.8) is 0 Å². The number of hydrogen-bond donors (Lipinski definition) is 0. The van der Waals surface area contributed by atoms with E-state index in [0.717, 1.165) is 4.46 Å². The molecule has 0 aliphatic rings. The second-order valence-corrected chi connectivity index (χ2v) is 4.92. The van der Waals surface area contributed by atoms with Gasteiger partial charge in [0.15, 0.2) is 0 Å². The molecule has 0 N–H and O–H groups in total. The van der Waals surface area contributed by atoms with Gasteiger partial charge in [0.05, 0.1) is 0 Å². The first-order valence-electron chi connectivity index (χ1n) is 2.44. The molecular weight excluding hydrogens is 202 g/mol. The summed E-state index contributed by atoms with van der Waals surface area (Å²) in [5, 5.41) is 0. The van der Waals surface area contributed by atoms with Crippen molar-refractivity contribution in [1.82, 2.24) is 0 Å². The molecule has 1 rings (SSSR count). The first-order valence-corrected chi connectivity index (χ1v) is 6.24. The van der Waals surface area contributed by atoms with Crippen molar-refractivity contribution in [2.75, 3.05) is 0 Å². The molecule has 1 aromatic carbocycles. The summed E-state index contributed by atoms with van der Waals surface area (Å²) in [5.41, 5.74) is 0. The Hall–Kier alpha value is -0.171. The molecule has 0 bridgehead atoms. The fourth-order valence-electron chi connectivity index (χ4n) is 0.527. The van der Waals surface area contributed by atoms with Crippen LogP contribution in [0.1, 0.15) is 0 Å². The molecule has 0 aliphatic heterocycles. The molecule has 1 nitrogen and oxygen atoms in total. The summed E-state index contributed by atoms with van der Waals surface area (Å²) in [6.07, 6.45) is 0. The predicted molar refractivity (Wildman–Crippen MR) is 38.4 cm³/mol. The second kappa shape index (κ2) is 3.11. The maximum absolute atomic E-state index is 10.6. The molecule has 0 spiro atoms. The molecule has 1 unspecified atom stereocenters. The van der Waals surface area contributed by atoms with Crippen LogP contribution in [0.5, 0.6) is 0 Å². The van der Waals surface area contributed by atoms with Crippen molar-refractivity contribution in [2.24, 2.45) is 0 Å². The number of halogens is 1. The molecule has 3 heteroatoms. The zero-order valence-electron chi connectivity index (χ0n) is 4.58. The van der Waals surface area contributed by atoms with Crippen molar-refractivity contribution in [3.05, 3.63) is 30.3 Å². The second-order valence-electron chi connectivity index (χ2n) is 1.54. The van der Waals surface area contributed by atoms with Crippen LogP contribution in [0.3, 0.4) is 0 Å². The van der Waals surface area contributed by atoms with Gasteiger partial charge in [-0.1, -0.05) is 0 Å². The molecule has 0 saturated heterocycles. The van der Waals surface area contributed by atoms with Gasteiger partial charge in [-0.15, -0.1) is 0 Å². The Balaban J connectivity index is 2.98. The van der Waals surface area contributed by atoms with Gasteiger partial charge in [0, 0.05) is 0 Å². The molecule has 0 aromatic heterocycles. The molecular formula is C6H5ClOSe. The molecule has 0 heterocycles. The summed E-state index contributed by atoms with van der Waals surface area (Å²) in [6.45, 7) is 0. The summed E-state index contributed by atoms with van der Waals surface area (Å²) < 4.78 is 11.4. The van der Waals surface area contributed by atoms with Gasteiger partial charge >= 0.3 is 61.6 Å². The SMILES string of the molecule is O=[Se](Cl)c1ccccc1. The molecule has 1 atom stereocenters. The summed E-state index contributed by atoms with van der Waals surface area (Å²) in [4.78, 5) is 0. The predicted octanol–water partition coefficient (Wildman–Crippen LogP) is 1.05. The van der Waals surface area contributed by atoms with Crippen LogP contribution >= 0.6 is 10.1 Å². The Morgan fingerprint density at radius 3 is 2.11 bits per heavy atom. The summed E-state index contributed by atoms with van der Waals surface area (Å²) in [6, 6.07) is 9.06. The Morgan fingerprint density at radius 2 is 1.78 bits per heavy atom. The molecule has 9 heavy (non-hydrogen) atoms. The average Bonchev–Trinajstić information content (AvgIpc) is 1.90. The van der Waals surface area contributed by atoms with Crippen molar-refractivity contribution in [1.29, 1.82) is 0 Å². The maximum atomic E-state index is 10.6. The fourth-order valence-corrected chi connectivity index (χ4v) is 1.84. The Bertz CT molecular complexity index is 210. The van der Waals surface area contributed by atoms with Crippen molar-refractivity contribution in [2.45, 2.75) is 0 Å². The third-order valence-corrected chi connectivity index (χ3v) is 3.20. The number of hydrogen-bond acceptors (Lipinski definition) is 1. The minimum absolute atomic E-state index is 0.749. The van der Waals surface area contributed by atoms with Crippen LogP contribution in [0.4, 0.5) is 0 Å². The van der Waals surface area contributed by atoms with Gasteiger partial charge in [0.25, 0.3) is 0 Å². The van der Waals surface area contributed by atoms with Crippen molar-refractivity contribution in [3.8, 4) is 0 Å².